The molecule has 2 fully saturated rings. The number of amides is 5. The average molecular weight is 305 g/mol. The van der Waals surface area contributed by atoms with E-state index in [9.17, 15) is 19.2 Å². The SMILES string of the molecule is C#CCNC(=O)CN1C(=O)C(=O)N([C@@H]2CCCC[C@@H]2C)C1=O. The standard InChI is InChI=1S/C15H19N3O4/c1-3-8-16-12(19)9-17-13(20)14(21)18(15(17)22)11-7-5-4-6-10(11)2/h1,10-11H,4-9H2,2H3,(H,16,19)/t10-,11+/m0/s1. The molecule has 1 aliphatic heterocycles. The van der Waals surface area contributed by atoms with E-state index in [4.69, 9.17) is 6.42 Å². The van der Waals surface area contributed by atoms with Crippen molar-refractivity contribution in [3.05, 3.63) is 0 Å². The van der Waals surface area contributed by atoms with E-state index < -0.39 is 30.3 Å². The molecule has 22 heavy (non-hydrogen) atoms. The van der Waals surface area contributed by atoms with Crippen LogP contribution in [0.2, 0.25) is 0 Å². The first-order valence-corrected chi connectivity index (χ1v) is 7.36. The molecule has 5 amide bonds. The minimum atomic E-state index is -0.946. The predicted octanol–water partition coefficient (Wildman–Crippen LogP) is 0.105. The van der Waals surface area contributed by atoms with Gasteiger partial charge in [-0.3, -0.25) is 19.3 Å². The normalized spacial score (nSPS) is 25.4. The Bertz CT molecular complexity index is 551. The summed E-state index contributed by atoms with van der Waals surface area (Å²) in [6.07, 6.45) is 8.61. The summed E-state index contributed by atoms with van der Waals surface area (Å²) in [6.45, 7) is 1.49. The van der Waals surface area contributed by atoms with E-state index in [2.05, 4.69) is 11.2 Å². The molecule has 1 aliphatic carbocycles. The number of hydrogen-bond acceptors (Lipinski definition) is 4. The maximum Gasteiger partial charge on any atom is 0.334 e. The number of nitrogens with zero attached hydrogens (tertiary/aromatic N) is 2. The van der Waals surface area contributed by atoms with Crippen LogP contribution in [0.25, 0.3) is 0 Å². The fourth-order valence-corrected chi connectivity index (χ4v) is 2.98. The number of carbonyl (C=O) groups excluding carboxylic acids is 4. The smallest absolute Gasteiger partial charge is 0.334 e. The summed E-state index contributed by atoms with van der Waals surface area (Å²) < 4.78 is 0. The highest BCUT2D eigenvalue weighted by atomic mass is 16.2. The lowest BCUT2D eigenvalue weighted by Gasteiger charge is -2.34. The number of nitrogens with one attached hydrogen (secondary N) is 1. The second-order valence-electron chi connectivity index (χ2n) is 5.66. The van der Waals surface area contributed by atoms with E-state index in [0.29, 0.717) is 11.3 Å². The van der Waals surface area contributed by atoms with Gasteiger partial charge in [0.2, 0.25) is 5.91 Å². The molecule has 1 saturated heterocycles. The van der Waals surface area contributed by atoms with Crippen LogP contribution in [-0.4, -0.2) is 52.7 Å². The van der Waals surface area contributed by atoms with Gasteiger partial charge in [0.25, 0.3) is 0 Å². The maximum atomic E-state index is 12.4. The lowest BCUT2D eigenvalue weighted by molar-refractivity contribution is -0.145. The topological polar surface area (TPSA) is 86.8 Å². The first kappa shape index (κ1) is 16.0. The molecule has 0 aromatic carbocycles. The highest BCUT2D eigenvalue weighted by Crippen LogP contribution is 2.31. The molecule has 7 nitrogen and oxygen atoms in total. The van der Waals surface area contributed by atoms with Crippen molar-refractivity contribution in [1.29, 1.82) is 0 Å². The van der Waals surface area contributed by atoms with Crippen LogP contribution in [0.15, 0.2) is 0 Å². The first-order chi connectivity index (χ1) is 10.5. The third-order valence-electron chi connectivity index (χ3n) is 4.17. The Morgan fingerprint density at radius 2 is 1.95 bits per heavy atom. The van der Waals surface area contributed by atoms with Crippen molar-refractivity contribution >= 4 is 23.8 Å². The van der Waals surface area contributed by atoms with Gasteiger partial charge in [0.15, 0.2) is 0 Å². The summed E-state index contributed by atoms with van der Waals surface area (Å²) in [7, 11) is 0. The van der Waals surface area contributed by atoms with E-state index in [0.717, 1.165) is 24.2 Å². The number of rotatable bonds is 4. The molecule has 1 heterocycles. The Balaban J connectivity index is 2.10. The molecule has 2 rings (SSSR count). The molecular formula is C15H19N3O4. The third-order valence-corrected chi connectivity index (χ3v) is 4.17. The van der Waals surface area contributed by atoms with Gasteiger partial charge < -0.3 is 5.32 Å². The van der Waals surface area contributed by atoms with Crippen molar-refractivity contribution < 1.29 is 19.2 Å². The summed E-state index contributed by atoms with van der Waals surface area (Å²) in [6, 6.07) is -0.971. The minimum Gasteiger partial charge on any atom is -0.344 e. The molecule has 0 radical (unpaired) electrons. The van der Waals surface area contributed by atoms with Gasteiger partial charge in [-0.05, 0) is 18.8 Å². The maximum absolute atomic E-state index is 12.4. The van der Waals surface area contributed by atoms with Gasteiger partial charge >= 0.3 is 17.8 Å². The van der Waals surface area contributed by atoms with Gasteiger partial charge in [0, 0.05) is 6.04 Å². The Kier molecular flexibility index (Phi) is 4.81. The van der Waals surface area contributed by atoms with Crippen molar-refractivity contribution in [1.82, 2.24) is 15.1 Å². The van der Waals surface area contributed by atoms with E-state index >= 15 is 0 Å². The number of terminal acetylenes is 1. The summed E-state index contributed by atoms with van der Waals surface area (Å²) in [4.78, 5) is 49.8. The molecule has 0 unspecified atom stereocenters. The van der Waals surface area contributed by atoms with Crippen LogP contribution in [0.3, 0.4) is 0 Å². The van der Waals surface area contributed by atoms with Crippen LogP contribution < -0.4 is 5.32 Å². The zero-order valence-corrected chi connectivity index (χ0v) is 12.5. The van der Waals surface area contributed by atoms with Gasteiger partial charge in [-0.15, -0.1) is 6.42 Å². The van der Waals surface area contributed by atoms with Crippen molar-refractivity contribution in [2.24, 2.45) is 5.92 Å². The van der Waals surface area contributed by atoms with Gasteiger partial charge in [0.1, 0.15) is 6.54 Å². The number of urea groups is 1. The molecule has 118 valence electrons. The van der Waals surface area contributed by atoms with Crippen LogP contribution >= 0.6 is 0 Å². The fourth-order valence-electron chi connectivity index (χ4n) is 2.98. The molecule has 0 aromatic heterocycles. The first-order valence-electron chi connectivity index (χ1n) is 7.36. The fraction of sp³-hybridized carbons (Fsp3) is 0.600. The van der Waals surface area contributed by atoms with Crippen LogP contribution in [0, 0.1) is 18.3 Å². The zero-order chi connectivity index (χ0) is 16.3. The van der Waals surface area contributed by atoms with Gasteiger partial charge in [-0.25, -0.2) is 9.69 Å². The molecular weight excluding hydrogens is 286 g/mol. The Morgan fingerprint density at radius 1 is 1.27 bits per heavy atom. The van der Waals surface area contributed by atoms with Crippen molar-refractivity contribution in [3.63, 3.8) is 0 Å². The number of carbonyl (C=O) groups is 4. The molecule has 1 saturated carbocycles. The second kappa shape index (κ2) is 6.60. The summed E-state index contributed by atoms with van der Waals surface area (Å²) >= 11 is 0. The average Bonchev–Trinajstić information content (AvgIpc) is 2.70. The van der Waals surface area contributed by atoms with E-state index in [1.807, 2.05) is 6.92 Å². The Morgan fingerprint density at radius 3 is 2.59 bits per heavy atom. The van der Waals surface area contributed by atoms with Crippen LogP contribution in [-0.2, 0) is 14.4 Å². The third kappa shape index (κ3) is 2.96. The van der Waals surface area contributed by atoms with Crippen LogP contribution in [0.5, 0.6) is 0 Å². The van der Waals surface area contributed by atoms with Crippen molar-refractivity contribution in [2.45, 2.75) is 38.6 Å². The molecule has 0 spiro atoms. The lowest BCUT2D eigenvalue weighted by atomic mass is 9.85. The zero-order valence-electron chi connectivity index (χ0n) is 12.5. The molecule has 0 bridgehead atoms. The van der Waals surface area contributed by atoms with Crippen LogP contribution in [0.4, 0.5) is 4.79 Å². The van der Waals surface area contributed by atoms with E-state index in [-0.39, 0.29) is 18.5 Å². The Labute approximate surface area is 129 Å². The lowest BCUT2D eigenvalue weighted by Crippen LogP contribution is -2.47. The summed E-state index contributed by atoms with van der Waals surface area (Å²) in [5.74, 6) is 0.0315. The largest absolute Gasteiger partial charge is 0.344 e. The summed E-state index contributed by atoms with van der Waals surface area (Å²) in [5, 5.41) is 2.37. The van der Waals surface area contributed by atoms with Gasteiger partial charge in [-0.1, -0.05) is 25.7 Å². The molecule has 2 aliphatic rings. The molecule has 2 atom stereocenters. The minimum absolute atomic E-state index is 0.00632. The number of hydrogen-bond donors (Lipinski definition) is 1. The van der Waals surface area contributed by atoms with Gasteiger partial charge in [-0.2, -0.15) is 0 Å². The highest BCUT2D eigenvalue weighted by molar-refractivity contribution is 6.45. The second-order valence-corrected chi connectivity index (χ2v) is 5.66. The van der Waals surface area contributed by atoms with Crippen molar-refractivity contribution in [3.8, 4) is 12.3 Å². The quantitative estimate of drug-likeness (QED) is 0.453. The summed E-state index contributed by atoms with van der Waals surface area (Å²) in [5.41, 5.74) is 0. The van der Waals surface area contributed by atoms with Crippen LogP contribution in [0.1, 0.15) is 32.6 Å². The number of imide groups is 2. The Hall–Kier alpha value is -2.36. The van der Waals surface area contributed by atoms with Crippen molar-refractivity contribution in [2.75, 3.05) is 13.1 Å². The molecule has 0 aromatic rings. The molecule has 7 heteroatoms. The highest BCUT2D eigenvalue weighted by Gasteiger charge is 2.49. The monoisotopic (exact) mass is 305 g/mol. The van der Waals surface area contributed by atoms with Gasteiger partial charge in [0.05, 0.1) is 6.54 Å². The van der Waals surface area contributed by atoms with E-state index in [1.54, 1.807) is 0 Å². The molecule has 1 N–H and O–H groups in total. The predicted molar refractivity (Wildman–Crippen MR) is 77.2 cm³/mol. The van der Waals surface area contributed by atoms with E-state index in [1.165, 1.54) is 0 Å².